The first-order valence-electron chi connectivity index (χ1n) is 6.07. The van der Waals surface area contributed by atoms with Crippen LogP contribution in [-0.2, 0) is 11.3 Å². The summed E-state index contributed by atoms with van der Waals surface area (Å²) in [5.74, 6) is 1.01. The monoisotopic (exact) mass is 278 g/mol. The summed E-state index contributed by atoms with van der Waals surface area (Å²) >= 11 is 0. The van der Waals surface area contributed by atoms with E-state index in [1.807, 2.05) is 35.2 Å². The van der Waals surface area contributed by atoms with E-state index in [9.17, 15) is 4.79 Å². The molecule has 19 heavy (non-hydrogen) atoms. The number of amides is 1. The summed E-state index contributed by atoms with van der Waals surface area (Å²) in [5.41, 5.74) is 0.969. The van der Waals surface area contributed by atoms with Crippen LogP contribution in [0.5, 0.6) is 0 Å². The van der Waals surface area contributed by atoms with E-state index in [1.54, 1.807) is 4.68 Å². The second-order valence-corrected chi connectivity index (χ2v) is 4.34. The predicted octanol–water partition coefficient (Wildman–Crippen LogP) is 1.81. The van der Waals surface area contributed by atoms with Crippen LogP contribution >= 0.6 is 12.4 Å². The number of hydrogen-bond acceptors (Lipinski definition) is 3. The van der Waals surface area contributed by atoms with Gasteiger partial charge in [0, 0.05) is 13.0 Å². The van der Waals surface area contributed by atoms with Gasteiger partial charge < -0.3 is 4.90 Å². The summed E-state index contributed by atoms with van der Waals surface area (Å²) in [5, 5.41) is 4.22. The molecule has 1 aromatic heterocycles. The van der Waals surface area contributed by atoms with Crippen LogP contribution in [0, 0.1) is 0 Å². The Morgan fingerprint density at radius 1 is 1.21 bits per heavy atom. The Kier molecular flexibility index (Phi) is 4.16. The average Bonchev–Trinajstić information content (AvgIpc) is 3.01. The van der Waals surface area contributed by atoms with Crippen LogP contribution < -0.4 is 0 Å². The fourth-order valence-corrected chi connectivity index (χ4v) is 2.20. The van der Waals surface area contributed by atoms with Gasteiger partial charge in [-0.15, -0.1) is 12.4 Å². The summed E-state index contributed by atoms with van der Waals surface area (Å²) in [7, 11) is 0. The Morgan fingerprint density at radius 3 is 2.68 bits per heavy atom. The molecule has 1 saturated heterocycles. The molecule has 0 atom stereocenters. The molecule has 1 aliphatic heterocycles. The van der Waals surface area contributed by atoms with E-state index in [-0.39, 0.29) is 18.3 Å². The fraction of sp³-hybridized carbons (Fsp3) is 0.308. The minimum absolute atomic E-state index is 0. The predicted molar refractivity (Wildman–Crippen MR) is 73.3 cm³/mol. The van der Waals surface area contributed by atoms with Gasteiger partial charge in [0.1, 0.15) is 6.33 Å². The van der Waals surface area contributed by atoms with Gasteiger partial charge in [-0.3, -0.25) is 4.79 Å². The molecule has 5 nitrogen and oxygen atoms in total. The molecule has 0 unspecified atom stereocenters. The van der Waals surface area contributed by atoms with E-state index in [4.69, 9.17) is 0 Å². The number of carbonyl (C=O) groups excluding carboxylic acids is 1. The summed E-state index contributed by atoms with van der Waals surface area (Å²) in [4.78, 5) is 17.7. The number of halogens is 1. The van der Waals surface area contributed by atoms with Crippen molar-refractivity contribution < 1.29 is 4.79 Å². The Bertz CT molecular complexity index is 555. The topological polar surface area (TPSA) is 51.0 Å². The van der Waals surface area contributed by atoms with Gasteiger partial charge in [0.15, 0.2) is 5.82 Å². The highest BCUT2D eigenvalue weighted by molar-refractivity contribution is 5.85. The zero-order valence-corrected chi connectivity index (χ0v) is 11.2. The SMILES string of the molecule is Cl.O=C1CCCN1Cc1ncnn1-c1ccccc1. The number of carbonyl (C=O) groups is 1. The van der Waals surface area contributed by atoms with Crippen molar-refractivity contribution in [2.75, 3.05) is 6.54 Å². The van der Waals surface area contributed by atoms with Crippen molar-refractivity contribution in [1.29, 1.82) is 0 Å². The van der Waals surface area contributed by atoms with Gasteiger partial charge in [-0.05, 0) is 18.6 Å². The van der Waals surface area contributed by atoms with Crippen molar-refractivity contribution in [2.45, 2.75) is 19.4 Å². The normalized spacial score (nSPS) is 14.5. The van der Waals surface area contributed by atoms with Gasteiger partial charge in [0.05, 0.1) is 12.2 Å². The standard InChI is InChI=1S/C13H14N4O.ClH/c18-13-7-4-8-16(13)9-12-14-10-15-17(12)11-5-2-1-3-6-11;/h1-3,5-6,10H,4,7-9H2;1H. The van der Waals surface area contributed by atoms with Crippen molar-refractivity contribution in [3.8, 4) is 5.69 Å². The molecule has 2 aromatic rings. The van der Waals surface area contributed by atoms with Crippen molar-refractivity contribution in [1.82, 2.24) is 19.7 Å². The lowest BCUT2D eigenvalue weighted by Gasteiger charge is -2.15. The van der Waals surface area contributed by atoms with Crippen LogP contribution in [0.15, 0.2) is 36.7 Å². The van der Waals surface area contributed by atoms with Crippen molar-refractivity contribution in [2.24, 2.45) is 0 Å². The number of benzene rings is 1. The molecular formula is C13H15ClN4O. The van der Waals surface area contributed by atoms with Crippen molar-refractivity contribution in [3.05, 3.63) is 42.5 Å². The first-order valence-corrected chi connectivity index (χ1v) is 6.07. The van der Waals surface area contributed by atoms with Crippen LogP contribution in [0.1, 0.15) is 18.7 Å². The molecule has 0 N–H and O–H groups in total. The molecule has 3 rings (SSSR count). The van der Waals surface area contributed by atoms with Crippen LogP contribution in [0.3, 0.4) is 0 Å². The third kappa shape index (κ3) is 2.76. The molecule has 1 aromatic carbocycles. The number of para-hydroxylation sites is 1. The van der Waals surface area contributed by atoms with Gasteiger partial charge in [-0.2, -0.15) is 5.10 Å². The van der Waals surface area contributed by atoms with Crippen LogP contribution in [0.4, 0.5) is 0 Å². The van der Waals surface area contributed by atoms with Gasteiger partial charge >= 0.3 is 0 Å². The zero-order valence-electron chi connectivity index (χ0n) is 10.4. The lowest BCUT2D eigenvalue weighted by atomic mass is 10.3. The maximum absolute atomic E-state index is 11.6. The van der Waals surface area contributed by atoms with E-state index in [2.05, 4.69) is 10.1 Å². The lowest BCUT2D eigenvalue weighted by Crippen LogP contribution is -2.25. The molecule has 0 aliphatic carbocycles. The molecule has 6 heteroatoms. The van der Waals surface area contributed by atoms with E-state index in [0.29, 0.717) is 13.0 Å². The first-order chi connectivity index (χ1) is 8.84. The Morgan fingerprint density at radius 2 is 2.00 bits per heavy atom. The number of aromatic nitrogens is 3. The molecule has 0 saturated carbocycles. The highest BCUT2D eigenvalue weighted by Gasteiger charge is 2.22. The second kappa shape index (κ2) is 5.84. The summed E-state index contributed by atoms with van der Waals surface area (Å²) in [6.07, 6.45) is 3.13. The molecule has 2 heterocycles. The van der Waals surface area contributed by atoms with E-state index in [0.717, 1.165) is 24.5 Å². The van der Waals surface area contributed by atoms with E-state index in [1.165, 1.54) is 6.33 Å². The molecule has 100 valence electrons. The van der Waals surface area contributed by atoms with Gasteiger partial charge in [-0.25, -0.2) is 9.67 Å². The smallest absolute Gasteiger partial charge is 0.223 e. The van der Waals surface area contributed by atoms with Crippen molar-refractivity contribution in [3.63, 3.8) is 0 Å². The highest BCUT2D eigenvalue weighted by Crippen LogP contribution is 2.15. The Balaban J connectivity index is 0.00000133. The molecule has 0 radical (unpaired) electrons. The van der Waals surface area contributed by atoms with E-state index < -0.39 is 0 Å². The molecule has 1 fully saturated rings. The minimum atomic E-state index is 0. The zero-order chi connectivity index (χ0) is 12.4. The fourth-order valence-electron chi connectivity index (χ4n) is 2.20. The van der Waals surface area contributed by atoms with Gasteiger partial charge in [0.25, 0.3) is 0 Å². The summed E-state index contributed by atoms with van der Waals surface area (Å²) in [6.45, 7) is 1.36. The largest absolute Gasteiger partial charge is 0.335 e. The molecular weight excluding hydrogens is 264 g/mol. The Labute approximate surface area is 117 Å². The quantitative estimate of drug-likeness (QED) is 0.860. The van der Waals surface area contributed by atoms with Gasteiger partial charge in [-0.1, -0.05) is 18.2 Å². The number of rotatable bonds is 3. The minimum Gasteiger partial charge on any atom is -0.335 e. The maximum Gasteiger partial charge on any atom is 0.223 e. The highest BCUT2D eigenvalue weighted by atomic mass is 35.5. The third-order valence-electron chi connectivity index (χ3n) is 3.12. The molecule has 1 amide bonds. The van der Waals surface area contributed by atoms with Gasteiger partial charge in [0.2, 0.25) is 5.91 Å². The van der Waals surface area contributed by atoms with E-state index >= 15 is 0 Å². The van der Waals surface area contributed by atoms with Crippen molar-refractivity contribution >= 4 is 18.3 Å². The van der Waals surface area contributed by atoms with Crippen LogP contribution in [0.25, 0.3) is 5.69 Å². The summed E-state index contributed by atoms with van der Waals surface area (Å²) in [6, 6.07) is 9.83. The lowest BCUT2D eigenvalue weighted by molar-refractivity contribution is -0.128. The van der Waals surface area contributed by atoms with Crippen LogP contribution in [0.2, 0.25) is 0 Å². The maximum atomic E-state index is 11.6. The number of likely N-dealkylation sites (tertiary alicyclic amines) is 1. The average molecular weight is 279 g/mol. The second-order valence-electron chi connectivity index (χ2n) is 4.34. The Hall–Kier alpha value is -1.88. The number of hydrogen-bond donors (Lipinski definition) is 0. The molecule has 0 bridgehead atoms. The van der Waals surface area contributed by atoms with Crippen LogP contribution in [-0.4, -0.2) is 32.1 Å². The first kappa shape index (κ1) is 13.5. The molecule has 0 spiro atoms. The number of nitrogens with zero attached hydrogens (tertiary/aromatic N) is 4. The third-order valence-corrected chi connectivity index (χ3v) is 3.12. The summed E-state index contributed by atoms with van der Waals surface area (Å²) < 4.78 is 1.78. The molecule has 1 aliphatic rings.